The fourth-order valence-corrected chi connectivity index (χ4v) is 2.15. The Labute approximate surface area is 111 Å². The van der Waals surface area contributed by atoms with Gasteiger partial charge in [-0.1, -0.05) is 0 Å². The first-order chi connectivity index (χ1) is 8.85. The number of benzene rings is 1. The largest absolute Gasteiger partial charge is 0.573 e. The first-order valence-electron chi connectivity index (χ1n) is 5.22. The van der Waals surface area contributed by atoms with Gasteiger partial charge in [0.15, 0.2) is 0 Å². The molecule has 0 spiro atoms. The molecule has 0 aliphatic heterocycles. The van der Waals surface area contributed by atoms with Crippen LogP contribution < -0.4 is 4.74 Å². The third-order valence-electron chi connectivity index (χ3n) is 2.21. The van der Waals surface area contributed by atoms with Gasteiger partial charge >= 0.3 is 6.36 Å². The van der Waals surface area contributed by atoms with Gasteiger partial charge in [-0.15, -0.1) is 24.5 Å². The fourth-order valence-electron chi connectivity index (χ4n) is 1.41. The van der Waals surface area contributed by atoms with Crippen molar-refractivity contribution in [1.82, 2.24) is 4.98 Å². The van der Waals surface area contributed by atoms with Gasteiger partial charge in [0.05, 0.1) is 11.4 Å². The van der Waals surface area contributed by atoms with E-state index >= 15 is 0 Å². The highest BCUT2D eigenvalue weighted by atomic mass is 32.1. The molecule has 0 fully saturated rings. The Morgan fingerprint density at radius 1 is 1.26 bits per heavy atom. The van der Waals surface area contributed by atoms with Gasteiger partial charge in [0.25, 0.3) is 0 Å². The molecule has 2 rings (SSSR count). The van der Waals surface area contributed by atoms with Crippen LogP contribution in [0.25, 0.3) is 11.3 Å². The van der Waals surface area contributed by atoms with E-state index < -0.39 is 6.36 Å². The third-order valence-corrected chi connectivity index (χ3v) is 3.17. The summed E-state index contributed by atoms with van der Waals surface area (Å²) < 4.78 is 39.8. The molecule has 100 valence electrons. The van der Waals surface area contributed by atoms with Gasteiger partial charge in [-0.25, -0.2) is 4.98 Å². The number of hydrogen-bond acceptors (Lipinski definition) is 4. The SMILES string of the molecule is CC(=N)c1nc(-c2ccc(OC(F)(F)F)cc2)cs1. The van der Waals surface area contributed by atoms with E-state index in [9.17, 15) is 13.2 Å². The van der Waals surface area contributed by atoms with Crippen LogP contribution in [0.5, 0.6) is 5.75 Å². The van der Waals surface area contributed by atoms with Gasteiger partial charge in [0, 0.05) is 10.9 Å². The first kappa shape index (κ1) is 13.5. The van der Waals surface area contributed by atoms with E-state index in [1.807, 2.05) is 0 Å². The number of aromatic nitrogens is 1. The molecule has 1 heterocycles. The van der Waals surface area contributed by atoms with Crippen LogP contribution in [-0.2, 0) is 0 Å². The molecular weight excluding hydrogens is 277 g/mol. The quantitative estimate of drug-likeness (QED) is 0.863. The van der Waals surface area contributed by atoms with Crippen molar-refractivity contribution in [2.45, 2.75) is 13.3 Å². The van der Waals surface area contributed by atoms with Crippen LogP contribution in [0.15, 0.2) is 29.6 Å². The topological polar surface area (TPSA) is 46.0 Å². The molecule has 0 aliphatic rings. The molecule has 0 radical (unpaired) electrons. The first-order valence-corrected chi connectivity index (χ1v) is 6.10. The second-order valence-electron chi connectivity index (χ2n) is 3.74. The number of nitrogens with zero attached hydrogens (tertiary/aromatic N) is 1. The highest BCUT2D eigenvalue weighted by molar-refractivity contribution is 7.12. The predicted molar refractivity (Wildman–Crippen MR) is 66.7 cm³/mol. The van der Waals surface area contributed by atoms with Gasteiger partial charge in [-0.05, 0) is 31.2 Å². The molecule has 0 bridgehead atoms. The average Bonchev–Trinajstić information content (AvgIpc) is 2.77. The summed E-state index contributed by atoms with van der Waals surface area (Å²) in [6, 6.07) is 5.47. The molecular formula is C12H9F3N2OS. The van der Waals surface area contributed by atoms with Crippen molar-refractivity contribution in [3.05, 3.63) is 34.7 Å². The normalized spacial score (nSPS) is 11.4. The van der Waals surface area contributed by atoms with Crippen LogP contribution in [-0.4, -0.2) is 17.1 Å². The maximum atomic E-state index is 12.0. The van der Waals surface area contributed by atoms with Crippen LogP contribution in [0.2, 0.25) is 0 Å². The van der Waals surface area contributed by atoms with E-state index in [0.29, 0.717) is 22.0 Å². The van der Waals surface area contributed by atoms with Crippen LogP contribution in [0.3, 0.4) is 0 Å². The lowest BCUT2D eigenvalue weighted by Crippen LogP contribution is -2.16. The van der Waals surface area contributed by atoms with E-state index in [2.05, 4.69) is 9.72 Å². The van der Waals surface area contributed by atoms with Crippen molar-refractivity contribution >= 4 is 17.0 Å². The highest BCUT2D eigenvalue weighted by Gasteiger charge is 2.30. The molecule has 1 aromatic heterocycles. The highest BCUT2D eigenvalue weighted by Crippen LogP contribution is 2.27. The summed E-state index contributed by atoms with van der Waals surface area (Å²) in [7, 11) is 0. The fraction of sp³-hybridized carbons (Fsp3) is 0.167. The zero-order valence-electron chi connectivity index (χ0n) is 9.78. The molecule has 3 nitrogen and oxygen atoms in total. The van der Waals surface area contributed by atoms with E-state index in [0.717, 1.165) is 0 Å². The van der Waals surface area contributed by atoms with Crippen molar-refractivity contribution < 1.29 is 17.9 Å². The van der Waals surface area contributed by atoms with Gasteiger partial charge in [-0.3, -0.25) is 0 Å². The Morgan fingerprint density at radius 2 is 1.89 bits per heavy atom. The van der Waals surface area contributed by atoms with E-state index in [-0.39, 0.29) is 5.75 Å². The molecule has 1 N–H and O–H groups in total. The summed E-state index contributed by atoms with van der Waals surface area (Å²) in [4.78, 5) is 4.22. The molecule has 1 aromatic carbocycles. The minimum absolute atomic E-state index is 0.269. The minimum atomic E-state index is -4.69. The van der Waals surface area contributed by atoms with Crippen molar-refractivity contribution in [3.63, 3.8) is 0 Å². The zero-order valence-corrected chi connectivity index (χ0v) is 10.6. The van der Waals surface area contributed by atoms with Crippen molar-refractivity contribution in [2.75, 3.05) is 0 Å². The standard InChI is InChI=1S/C12H9F3N2OS/c1-7(16)11-17-10(6-19-11)8-2-4-9(5-3-8)18-12(13,14)15/h2-6,16H,1H3. The Balaban J connectivity index is 2.20. The van der Waals surface area contributed by atoms with Gasteiger partial charge in [0.2, 0.25) is 0 Å². The molecule has 7 heteroatoms. The van der Waals surface area contributed by atoms with Crippen LogP contribution in [0.1, 0.15) is 11.9 Å². The van der Waals surface area contributed by atoms with Crippen LogP contribution in [0.4, 0.5) is 13.2 Å². The number of rotatable bonds is 3. The molecule has 2 aromatic rings. The molecule has 0 saturated heterocycles. The zero-order chi connectivity index (χ0) is 14.0. The maximum absolute atomic E-state index is 12.0. The third kappa shape index (κ3) is 3.54. The van der Waals surface area contributed by atoms with Gasteiger partial charge < -0.3 is 10.1 Å². The molecule has 0 amide bonds. The summed E-state index contributed by atoms with van der Waals surface area (Å²) >= 11 is 1.32. The number of alkyl halides is 3. The summed E-state index contributed by atoms with van der Waals surface area (Å²) in [5, 5.41) is 9.79. The Kier molecular flexibility index (Phi) is 3.57. The van der Waals surface area contributed by atoms with Gasteiger partial charge in [0.1, 0.15) is 10.8 Å². The second kappa shape index (κ2) is 5.00. The van der Waals surface area contributed by atoms with E-state index in [1.54, 1.807) is 12.3 Å². The maximum Gasteiger partial charge on any atom is 0.573 e. The van der Waals surface area contributed by atoms with E-state index in [4.69, 9.17) is 5.41 Å². The predicted octanol–water partition coefficient (Wildman–Crippen LogP) is 4.10. The van der Waals surface area contributed by atoms with Crippen molar-refractivity contribution in [3.8, 4) is 17.0 Å². The Bertz CT molecular complexity index is 590. The molecule has 19 heavy (non-hydrogen) atoms. The minimum Gasteiger partial charge on any atom is -0.406 e. The molecule has 0 saturated carbocycles. The van der Waals surface area contributed by atoms with Gasteiger partial charge in [-0.2, -0.15) is 0 Å². The average molecular weight is 286 g/mol. The smallest absolute Gasteiger partial charge is 0.406 e. The van der Waals surface area contributed by atoms with Crippen LogP contribution in [0, 0.1) is 5.41 Å². The monoisotopic (exact) mass is 286 g/mol. The summed E-state index contributed by atoms with van der Waals surface area (Å²) in [6.45, 7) is 1.63. The second-order valence-corrected chi connectivity index (χ2v) is 4.59. The summed E-state index contributed by atoms with van der Waals surface area (Å²) in [5.74, 6) is -0.269. The molecule has 0 unspecified atom stereocenters. The number of hydrogen-bond donors (Lipinski definition) is 1. The number of nitrogens with one attached hydrogen (secondary N) is 1. The van der Waals surface area contributed by atoms with Crippen molar-refractivity contribution in [2.24, 2.45) is 0 Å². The molecule has 0 atom stereocenters. The lowest BCUT2D eigenvalue weighted by molar-refractivity contribution is -0.274. The van der Waals surface area contributed by atoms with Crippen LogP contribution >= 0.6 is 11.3 Å². The number of thiazole rings is 1. The summed E-state index contributed by atoms with van der Waals surface area (Å²) in [6.07, 6.45) is -4.69. The lowest BCUT2D eigenvalue weighted by atomic mass is 10.2. The number of ether oxygens (including phenoxy) is 1. The summed E-state index contributed by atoms with van der Waals surface area (Å²) in [5.41, 5.74) is 1.66. The Hall–Kier alpha value is -1.89. The van der Waals surface area contributed by atoms with E-state index in [1.165, 1.54) is 35.6 Å². The Morgan fingerprint density at radius 3 is 2.37 bits per heavy atom. The lowest BCUT2D eigenvalue weighted by Gasteiger charge is -2.08. The van der Waals surface area contributed by atoms with Crippen molar-refractivity contribution in [1.29, 1.82) is 5.41 Å². The molecule has 0 aliphatic carbocycles. The number of halogens is 3.